The molecule has 0 aromatic rings. The summed E-state index contributed by atoms with van der Waals surface area (Å²) in [5.41, 5.74) is 6.96. The van der Waals surface area contributed by atoms with Gasteiger partial charge in [0, 0.05) is 36.3 Å². The van der Waals surface area contributed by atoms with E-state index in [1.165, 1.54) is 5.48 Å². The molecule has 2 fully saturated rings. The summed E-state index contributed by atoms with van der Waals surface area (Å²) in [5, 5.41) is 30.2. The molecule has 0 saturated carbocycles. The monoisotopic (exact) mass is 826 g/mol. The average Bonchev–Trinajstić information content (AvgIpc) is 3.72. The number of thioether (sulfide) groups is 1. The van der Waals surface area contributed by atoms with E-state index in [0.717, 1.165) is 25.0 Å². The van der Waals surface area contributed by atoms with Crippen LogP contribution in [0.25, 0.3) is 0 Å². The fourth-order valence-corrected chi connectivity index (χ4v) is 7.99. The number of nitrogens with one attached hydrogen (secondary N) is 9. The molecule has 0 aromatic carbocycles. The molecule has 0 radical (unpaired) electrons. The number of unbranched alkanes of at least 4 members (excludes halogenated alkanes) is 2. The number of rotatable bonds is 27. The lowest BCUT2D eigenvalue weighted by atomic mass is 9.91. The normalized spacial score (nSPS) is 19.1. The van der Waals surface area contributed by atoms with Crippen molar-refractivity contribution >= 4 is 65.1 Å². The Balaban J connectivity index is 1.63. The van der Waals surface area contributed by atoms with Crippen LogP contribution >= 0.6 is 11.8 Å². The van der Waals surface area contributed by atoms with E-state index in [9.17, 15) is 43.2 Å². The number of fused-ring (bicyclic) bond motifs is 1. The van der Waals surface area contributed by atoms with E-state index in [2.05, 4.69) is 42.5 Å². The van der Waals surface area contributed by atoms with Gasteiger partial charge in [-0.3, -0.25) is 43.6 Å². The van der Waals surface area contributed by atoms with E-state index in [1.54, 1.807) is 6.92 Å². The number of nitrogens with two attached hydrogens (primary N) is 1. The van der Waals surface area contributed by atoms with Crippen LogP contribution in [0, 0.1) is 17.8 Å². The molecule has 0 aliphatic carbocycles. The fourth-order valence-electron chi connectivity index (χ4n) is 6.45. The summed E-state index contributed by atoms with van der Waals surface area (Å²) in [6.45, 7) is 6.17. The summed E-state index contributed by atoms with van der Waals surface area (Å²) in [5.74, 6) is -5.05. The number of amides is 10. The van der Waals surface area contributed by atoms with Crippen molar-refractivity contribution < 1.29 is 48.4 Å². The number of carbonyl (C=O) groups excluding carboxylic acids is 9. The second kappa shape index (κ2) is 25.6. The topological polar surface area (TPSA) is 308 Å². The van der Waals surface area contributed by atoms with Crippen LogP contribution in [0.4, 0.5) is 4.79 Å². The number of hydrogen-bond donors (Lipinski definition) is 11. The predicted octanol–water partition coefficient (Wildman–Crippen LogP) is -1.59. The molecule has 10 amide bonds. The summed E-state index contributed by atoms with van der Waals surface area (Å²) >= 11 is 1.84. The Labute approximate surface area is 337 Å². The van der Waals surface area contributed by atoms with Gasteiger partial charge < -0.3 is 48.3 Å². The number of urea groups is 1. The fraction of sp³-hybridized carbons (Fsp3) is 0.750. The van der Waals surface area contributed by atoms with Crippen LogP contribution in [0.15, 0.2) is 0 Å². The van der Waals surface area contributed by atoms with Crippen LogP contribution in [-0.4, -0.2) is 120 Å². The highest BCUT2D eigenvalue weighted by Crippen LogP contribution is 2.33. The summed E-state index contributed by atoms with van der Waals surface area (Å²) < 4.78 is 0. The third-order valence-corrected chi connectivity index (χ3v) is 11.3. The Hall–Kier alpha value is -4.66. The first-order valence-corrected chi connectivity index (χ1v) is 20.7. The average molecular weight is 827 g/mol. The third-order valence-electron chi connectivity index (χ3n) is 9.79. The molecule has 2 rings (SSSR count). The van der Waals surface area contributed by atoms with Crippen molar-refractivity contribution in [3.05, 3.63) is 0 Å². The second-order valence-electron chi connectivity index (χ2n) is 14.9. The largest absolute Gasteiger partial charge is 0.368 e. The number of carbonyl (C=O) groups is 9. The molecule has 21 heteroatoms. The third kappa shape index (κ3) is 18.4. The van der Waals surface area contributed by atoms with Gasteiger partial charge in [-0.2, -0.15) is 11.8 Å². The van der Waals surface area contributed by atoms with Crippen molar-refractivity contribution in [3.8, 4) is 0 Å². The molecular weight excluding hydrogens is 765 g/mol. The first kappa shape index (κ1) is 48.5. The lowest BCUT2D eigenvalue weighted by Crippen LogP contribution is -2.53. The highest BCUT2D eigenvalue weighted by Gasteiger charge is 2.42. The predicted molar refractivity (Wildman–Crippen MR) is 210 cm³/mol. The van der Waals surface area contributed by atoms with Gasteiger partial charge in [0.1, 0.15) is 12.1 Å². The maximum absolute atomic E-state index is 13.0. The molecule has 7 atom stereocenters. The lowest BCUT2D eigenvalue weighted by molar-refractivity contribution is -0.137. The molecule has 322 valence electrons. The summed E-state index contributed by atoms with van der Waals surface area (Å²) in [6.07, 6.45) is 4.74. The molecule has 2 heterocycles. The van der Waals surface area contributed by atoms with Crippen LogP contribution in [0.2, 0.25) is 0 Å². The van der Waals surface area contributed by atoms with Crippen LogP contribution < -0.4 is 53.7 Å². The Morgan fingerprint density at radius 2 is 1.47 bits per heavy atom. The van der Waals surface area contributed by atoms with Gasteiger partial charge in [-0.1, -0.05) is 40.5 Å². The quantitative estimate of drug-likeness (QED) is 0.0194. The minimum absolute atomic E-state index is 0.0502. The number of hydroxylamine groups is 1. The van der Waals surface area contributed by atoms with E-state index in [4.69, 9.17) is 10.9 Å². The van der Waals surface area contributed by atoms with Gasteiger partial charge in [0.15, 0.2) is 0 Å². The molecule has 2 aliphatic rings. The molecular formula is C36H62N10O10S. The van der Waals surface area contributed by atoms with Crippen molar-refractivity contribution in [2.45, 2.75) is 121 Å². The smallest absolute Gasteiger partial charge is 0.315 e. The number of primary amides is 1. The van der Waals surface area contributed by atoms with Crippen LogP contribution in [0.3, 0.4) is 0 Å². The van der Waals surface area contributed by atoms with E-state index in [0.29, 0.717) is 43.9 Å². The Morgan fingerprint density at radius 3 is 2.11 bits per heavy atom. The molecule has 57 heavy (non-hydrogen) atoms. The maximum Gasteiger partial charge on any atom is 0.315 e. The van der Waals surface area contributed by atoms with Gasteiger partial charge >= 0.3 is 6.03 Å². The van der Waals surface area contributed by atoms with Gasteiger partial charge in [0.2, 0.25) is 47.3 Å². The molecule has 0 bridgehead atoms. The van der Waals surface area contributed by atoms with Crippen LogP contribution in [0.5, 0.6) is 0 Å². The van der Waals surface area contributed by atoms with Crippen molar-refractivity contribution in [1.29, 1.82) is 0 Å². The van der Waals surface area contributed by atoms with Crippen molar-refractivity contribution in [3.63, 3.8) is 0 Å². The Morgan fingerprint density at radius 1 is 0.807 bits per heavy atom. The maximum atomic E-state index is 13.0. The standard InChI is InChI=1S/C36H62N10O10S/c1-5-21(4)31(44-34(53)22(14-20(2)3)15-27(48)46-56)35(54)41-17-29(50)39-16-28(49)40-18-30(51)42-23(33(37)52)10-8-9-13-38-26(47)12-7-6-11-25-32-24(19-57-25)43-36(55)45-32/h20-25,31-32,56H,5-19H2,1-4H3,(H2,37,52)(H,38,47)(H,39,50)(H,40,49)(H,41,54)(H,42,51)(H,44,53)(H,46,48)(H2,43,45,55)/t21-,22?,23-,24-,25-,31-,32-/m0/s1. The molecule has 20 nitrogen and oxygen atoms in total. The molecule has 2 saturated heterocycles. The zero-order valence-corrected chi connectivity index (χ0v) is 34.1. The summed E-state index contributed by atoms with van der Waals surface area (Å²) in [7, 11) is 0. The summed E-state index contributed by atoms with van der Waals surface area (Å²) in [6, 6.07) is -1.81. The molecule has 2 aliphatic heterocycles. The minimum atomic E-state index is -1.02. The van der Waals surface area contributed by atoms with Gasteiger partial charge in [0.05, 0.1) is 31.7 Å². The van der Waals surface area contributed by atoms with E-state index in [1.807, 2.05) is 32.5 Å². The van der Waals surface area contributed by atoms with Gasteiger partial charge in [-0.25, -0.2) is 10.3 Å². The molecule has 1 unspecified atom stereocenters. The van der Waals surface area contributed by atoms with E-state index >= 15 is 0 Å². The van der Waals surface area contributed by atoms with Crippen LogP contribution in [0.1, 0.15) is 91.9 Å². The van der Waals surface area contributed by atoms with Crippen LogP contribution in [-0.2, 0) is 38.4 Å². The van der Waals surface area contributed by atoms with Gasteiger partial charge in [-0.05, 0) is 50.4 Å². The van der Waals surface area contributed by atoms with Gasteiger partial charge in [-0.15, -0.1) is 0 Å². The lowest BCUT2D eigenvalue weighted by Gasteiger charge is -2.26. The Bertz CT molecular complexity index is 1420. The molecule has 12 N–H and O–H groups in total. The summed E-state index contributed by atoms with van der Waals surface area (Å²) in [4.78, 5) is 110. The number of hydrogen-bond acceptors (Lipinski definition) is 11. The minimum Gasteiger partial charge on any atom is -0.368 e. The van der Waals surface area contributed by atoms with E-state index in [-0.39, 0.29) is 48.7 Å². The van der Waals surface area contributed by atoms with Crippen molar-refractivity contribution in [1.82, 2.24) is 48.0 Å². The Kier molecular flexibility index (Phi) is 21.7. The zero-order chi connectivity index (χ0) is 42.5. The molecule has 0 spiro atoms. The zero-order valence-electron chi connectivity index (χ0n) is 33.3. The first-order valence-electron chi connectivity index (χ1n) is 19.6. The highest BCUT2D eigenvalue weighted by molar-refractivity contribution is 8.00. The highest BCUT2D eigenvalue weighted by atomic mass is 32.2. The van der Waals surface area contributed by atoms with Gasteiger partial charge in [0.25, 0.3) is 0 Å². The van der Waals surface area contributed by atoms with E-state index < -0.39 is 79.0 Å². The SMILES string of the molecule is CC[C@H](C)[C@H](NC(=O)C(CC(=O)NO)CC(C)C)C(=O)NCC(=O)NCC(=O)NCC(=O)N[C@@H](CCCCNC(=O)CCCC[C@@H]1SC[C@@H]2NC(=O)N[C@@H]21)C(N)=O. The molecule has 0 aromatic heterocycles. The second-order valence-corrected chi connectivity index (χ2v) is 16.2. The van der Waals surface area contributed by atoms with Crippen molar-refractivity contribution in [2.24, 2.45) is 23.5 Å². The van der Waals surface area contributed by atoms with Crippen molar-refractivity contribution in [2.75, 3.05) is 31.9 Å². The first-order chi connectivity index (χ1) is 27.0.